The van der Waals surface area contributed by atoms with Crippen molar-refractivity contribution in [2.24, 2.45) is 22.1 Å². The number of likely N-dealkylation sites (tertiary alicyclic amines) is 1. The third-order valence-corrected chi connectivity index (χ3v) is 13.9. The van der Waals surface area contributed by atoms with E-state index in [0.717, 1.165) is 61.7 Å². The molecule has 10 nitrogen and oxygen atoms in total. The van der Waals surface area contributed by atoms with Gasteiger partial charge in [0.1, 0.15) is 15.7 Å². The molecule has 1 unspecified atom stereocenters. The summed E-state index contributed by atoms with van der Waals surface area (Å²) in [4.78, 5) is 33.3. The highest BCUT2D eigenvalue weighted by Gasteiger charge is 2.44. The van der Waals surface area contributed by atoms with Crippen LogP contribution in [0.25, 0.3) is 0 Å². The van der Waals surface area contributed by atoms with E-state index < -0.39 is 21.9 Å². The zero-order chi connectivity index (χ0) is 35.2. The molecule has 5 aliphatic rings. The Morgan fingerprint density at radius 2 is 1.98 bits per heavy atom. The number of carbonyl (C=O) groups excluding carboxylic acids is 2. The highest BCUT2D eigenvalue weighted by Crippen LogP contribution is 2.47. The van der Waals surface area contributed by atoms with Crippen molar-refractivity contribution >= 4 is 39.1 Å². The van der Waals surface area contributed by atoms with E-state index in [1.54, 1.807) is 18.1 Å². The van der Waals surface area contributed by atoms with Crippen LogP contribution in [0.4, 0.5) is 10.5 Å². The van der Waals surface area contributed by atoms with Crippen LogP contribution >= 0.6 is 11.6 Å². The summed E-state index contributed by atoms with van der Waals surface area (Å²) >= 11 is 6.46. The first-order chi connectivity index (χ1) is 24.0. The zero-order valence-corrected chi connectivity index (χ0v) is 31.2. The van der Waals surface area contributed by atoms with Gasteiger partial charge in [0.25, 0.3) is 5.91 Å². The Hall–Kier alpha value is -3.12. The van der Waals surface area contributed by atoms with E-state index in [4.69, 9.17) is 21.1 Å². The van der Waals surface area contributed by atoms with Crippen LogP contribution in [0, 0.1) is 17.8 Å². The van der Waals surface area contributed by atoms with Gasteiger partial charge in [-0.2, -0.15) is 0 Å². The first kappa shape index (κ1) is 35.3. The predicted octanol–water partition coefficient (Wildman–Crippen LogP) is 5.93. The molecule has 1 N–H and O–H groups in total. The number of allylic oxidation sites excluding steroid dienone is 1. The van der Waals surface area contributed by atoms with Crippen molar-refractivity contribution in [3.63, 3.8) is 0 Å². The summed E-state index contributed by atoms with van der Waals surface area (Å²) in [5.74, 6) is 0.805. The van der Waals surface area contributed by atoms with E-state index in [0.29, 0.717) is 43.5 Å². The molecule has 0 radical (unpaired) electrons. The number of hydrogen-bond donors (Lipinski definition) is 1. The van der Waals surface area contributed by atoms with E-state index in [9.17, 15) is 13.8 Å². The number of amides is 3. The lowest BCUT2D eigenvalue weighted by atomic mass is 9.68. The van der Waals surface area contributed by atoms with Crippen LogP contribution in [0.5, 0.6) is 5.75 Å². The van der Waals surface area contributed by atoms with Gasteiger partial charge < -0.3 is 24.2 Å². The van der Waals surface area contributed by atoms with E-state index in [1.807, 2.05) is 39.2 Å². The molecule has 50 heavy (non-hydrogen) atoms. The Balaban J connectivity index is 1.27. The molecular formula is C38H50ClN5O5S. The summed E-state index contributed by atoms with van der Waals surface area (Å²) in [5.41, 5.74) is 3.47. The topological polar surface area (TPSA) is 104 Å². The van der Waals surface area contributed by atoms with Crippen LogP contribution < -0.4 is 14.4 Å². The van der Waals surface area contributed by atoms with E-state index in [1.165, 1.54) is 11.1 Å². The lowest BCUT2D eigenvalue weighted by Gasteiger charge is -2.46. The van der Waals surface area contributed by atoms with Gasteiger partial charge in [0.05, 0.1) is 24.2 Å². The van der Waals surface area contributed by atoms with Gasteiger partial charge >= 0.3 is 6.03 Å². The fraction of sp³-hybridized carbons (Fsp3) is 0.579. The SMILES string of the molecule is CO[C@H]1/C=C/C[C@H](C)CS(=O)(NC(=O)N2CC(N(C)C)C2)=NC(=O)c2ccc3c(c2)N(C[C@@H]2CC[C@H]21)C[C@@]1(CCCc2cc(Cl)ccc21)CO3. The van der Waals surface area contributed by atoms with Crippen molar-refractivity contribution in [2.75, 3.05) is 64.6 Å². The minimum absolute atomic E-state index is 0.0409. The van der Waals surface area contributed by atoms with Gasteiger partial charge in [-0.25, -0.2) is 9.00 Å². The summed E-state index contributed by atoms with van der Waals surface area (Å²) in [5, 5.41) is 0.747. The highest BCUT2D eigenvalue weighted by molar-refractivity contribution is 7.92. The number of hydrogen-bond acceptors (Lipinski definition) is 7. The molecule has 2 aliphatic carbocycles. The van der Waals surface area contributed by atoms with Crippen molar-refractivity contribution in [1.82, 2.24) is 14.5 Å². The molecule has 6 atom stereocenters. The lowest BCUT2D eigenvalue weighted by Crippen LogP contribution is -2.62. The molecular weight excluding hydrogens is 674 g/mol. The predicted molar refractivity (Wildman–Crippen MR) is 197 cm³/mol. The second-order valence-corrected chi connectivity index (χ2v) is 17.8. The molecule has 270 valence electrons. The van der Waals surface area contributed by atoms with Crippen molar-refractivity contribution in [2.45, 2.75) is 63.0 Å². The zero-order valence-electron chi connectivity index (χ0n) is 29.6. The van der Waals surface area contributed by atoms with Gasteiger partial charge in [-0.3, -0.25) is 9.52 Å². The van der Waals surface area contributed by atoms with Crippen LogP contribution in [0.15, 0.2) is 52.9 Å². The van der Waals surface area contributed by atoms with Crippen LogP contribution in [0.1, 0.15) is 60.5 Å². The van der Waals surface area contributed by atoms with E-state index in [2.05, 4.69) is 43.2 Å². The third kappa shape index (κ3) is 7.03. The number of aryl methyl sites for hydroxylation is 1. The number of benzene rings is 2. The second-order valence-electron chi connectivity index (χ2n) is 15.4. The number of rotatable bonds is 3. The summed E-state index contributed by atoms with van der Waals surface area (Å²) in [6.07, 6.45) is 10.0. The summed E-state index contributed by atoms with van der Waals surface area (Å²) < 4.78 is 34.2. The van der Waals surface area contributed by atoms with E-state index in [-0.39, 0.29) is 29.2 Å². The van der Waals surface area contributed by atoms with Gasteiger partial charge in [-0.1, -0.05) is 36.7 Å². The van der Waals surface area contributed by atoms with Crippen LogP contribution in [-0.4, -0.2) is 97.8 Å². The molecule has 2 aromatic carbocycles. The summed E-state index contributed by atoms with van der Waals surface area (Å²) in [7, 11) is 2.27. The molecule has 0 aromatic heterocycles. The monoisotopic (exact) mass is 723 g/mol. The van der Waals surface area contributed by atoms with Crippen molar-refractivity contribution in [3.8, 4) is 5.75 Å². The maximum atomic E-state index is 14.5. The standard InChI is InChI=1S/C38H50ClN5O5S/c1-25-7-5-9-34(48-4)31-13-10-28(31)19-44-23-38(16-6-8-26-17-29(39)12-14-32(26)38)24-49-35-15-11-27(18-33(35)44)36(45)40-50(47,22-25)41-37(46)43-20-30(21-43)42(2)3/h5,9,11-12,14-15,17-18,25,28,30-31,34H,6-8,10,13,16,19-24H2,1-4H3,(H,40,41,45,46,47)/b9-5+/t25-,28-,31+,34-,38-,50?/m0/s1. The maximum absolute atomic E-state index is 14.5. The van der Waals surface area contributed by atoms with Crippen LogP contribution in [0.2, 0.25) is 5.02 Å². The fourth-order valence-corrected chi connectivity index (χ4v) is 10.6. The van der Waals surface area contributed by atoms with Crippen molar-refractivity contribution < 1.29 is 23.3 Å². The number of anilines is 1. The summed E-state index contributed by atoms with van der Waals surface area (Å²) in [6, 6.07) is 11.4. The number of nitrogens with one attached hydrogen (secondary N) is 1. The molecule has 2 aromatic rings. The van der Waals surface area contributed by atoms with Crippen molar-refractivity contribution in [1.29, 1.82) is 0 Å². The molecule has 3 amide bonds. The molecule has 2 fully saturated rings. The molecule has 3 heterocycles. The minimum Gasteiger partial charge on any atom is -0.490 e. The van der Waals surface area contributed by atoms with Gasteiger partial charge in [-0.05, 0) is 112 Å². The normalized spacial score (nSPS) is 32.1. The number of urea groups is 1. The number of nitrogens with zero attached hydrogens (tertiary/aromatic N) is 4. The fourth-order valence-electron chi connectivity index (χ4n) is 8.52. The van der Waals surface area contributed by atoms with Gasteiger partial charge in [0.2, 0.25) is 0 Å². The van der Waals surface area contributed by atoms with Crippen molar-refractivity contribution in [3.05, 3.63) is 70.3 Å². The minimum atomic E-state index is -3.45. The molecule has 12 heteroatoms. The number of methoxy groups -OCH3 is 1. The average molecular weight is 724 g/mol. The van der Waals surface area contributed by atoms with Gasteiger partial charge in [0, 0.05) is 55.3 Å². The molecule has 2 bridgehead atoms. The first-order valence-electron chi connectivity index (χ1n) is 18.0. The summed E-state index contributed by atoms with van der Waals surface area (Å²) in [6.45, 7) is 5.07. The highest BCUT2D eigenvalue weighted by atomic mass is 35.5. The number of ether oxygens (including phenoxy) is 2. The lowest BCUT2D eigenvalue weighted by molar-refractivity contribution is 0.0131. The molecule has 3 aliphatic heterocycles. The number of halogens is 1. The average Bonchev–Trinajstić information content (AvgIpc) is 3.17. The van der Waals surface area contributed by atoms with E-state index >= 15 is 0 Å². The molecule has 1 saturated carbocycles. The number of fused-ring (bicyclic) bond motifs is 4. The largest absolute Gasteiger partial charge is 0.490 e. The maximum Gasteiger partial charge on any atom is 0.329 e. The van der Waals surface area contributed by atoms with Gasteiger partial charge in [0.15, 0.2) is 0 Å². The second kappa shape index (κ2) is 14.1. The molecule has 1 saturated heterocycles. The Morgan fingerprint density at radius 3 is 2.72 bits per heavy atom. The molecule has 7 rings (SSSR count). The molecule has 1 spiro atoms. The van der Waals surface area contributed by atoms with Crippen LogP contribution in [0.3, 0.4) is 0 Å². The quantitative estimate of drug-likeness (QED) is 0.392. The number of likely N-dealkylation sites (N-methyl/N-ethyl adjacent to an activating group) is 1. The van der Waals surface area contributed by atoms with Crippen LogP contribution in [-0.2, 0) is 26.5 Å². The third-order valence-electron chi connectivity index (χ3n) is 11.6. The van der Waals surface area contributed by atoms with Gasteiger partial charge in [-0.15, -0.1) is 4.36 Å². The number of carbonyl (C=O) groups is 2. The Kier molecular flexibility index (Phi) is 9.97. The Bertz CT molecular complexity index is 1790. The Labute approximate surface area is 301 Å². The smallest absolute Gasteiger partial charge is 0.329 e. The Morgan fingerprint density at radius 1 is 1.16 bits per heavy atom. The first-order valence-corrected chi connectivity index (χ1v) is 20.0.